The number of rotatable bonds is 7. The highest BCUT2D eigenvalue weighted by molar-refractivity contribution is 6.14. The number of benzene rings is 6. The number of nitrogens with zero attached hydrogens (tertiary/aromatic N) is 1. The van der Waals surface area contributed by atoms with Gasteiger partial charge in [-0.25, -0.2) is 0 Å². The van der Waals surface area contributed by atoms with Crippen LogP contribution in [0.25, 0.3) is 33.1 Å². The molecule has 1 heterocycles. The zero-order valence-corrected chi connectivity index (χ0v) is 22.8. The van der Waals surface area contributed by atoms with Crippen LogP contribution in [-0.2, 0) is 0 Å². The number of anilines is 2. The maximum Gasteiger partial charge on any atom is 0.136 e. The maximum absolute atomic E-state index is 8.71. The van der Waals surface area contributed by atoms with E-state index in [9.17, 15) is 0 Å². The summed E-state index contributed by atoms with van der Waals surface area (Å²) in [5, 5.41) is 14.5. The molecule has 7 aromatic rings. The van der Waals surface area contributed by atoms with E-state index in [0.29, 0.717) is 5.71 Å². The predicted molar refractivity (Wildman–Crippen MR) is 175 cm³/mol. The minimum atomic E-state index is 0.458. The van der Waals surface area contributed by atoms with Crippen molar-refractivity contribution >= 4 is 50.9 Å². The molecule has 0 spiro atoms. The van der Waals surface area contributed by atoms with E-state index in [1.165, 1.54) is 0 Å². The second-order valence-corrected chi connectivity index (χ2v) is 10.1. The molecule has 0 unspecified atom stereocenters. The summed E-state index contributed by atoms with van der Waals surface area (Å²) in [6.07, 6.45) is 1.85. The number of hydrogen-bond donors (Lipinski definition) is 2. The van der Waals surface area contributed by atoms with Crippen molar-refractivity contribution < 1.29 is 4.42 Å². The number of fused-ring (bicyclic) bond motifs is 3. The van der Waals surface area contributed by atoms with Crippen molar-refractivity contribution in [1.29, 1.82) is 5.41 Å². The fourth-order valence-corrected chi connectivity index (χ4v) is 5.24. The lowest BCUT2D eigenvalue weighted by Crippen LogP contribution is -2.01. The number of aliphatic imine (C=N–C) groups is 1. The first-order chi connectivity index (χ1) is 20.7. The number of para-hydroxylation sites is 2. The van der Waals surface area contributed by atoms with Crippen LogP contribution in [0.1, 0.15) is 16.7 Å². The number of nitrogens with one attached hydrogen (secondary N) is 2. The average molecular weight is 542 g/mol. The van der Waals surface area contributed by atoms with E-state index in [1.54, 1.807) is 0 Å². The van der Waals surface area contributed by atoms with E-state index >= 15 is 0 Å². The number of hydrogen-bond acceptors (Lipinski definition) is 4. The first-order valence-electron chi connectivity index (χ1n) is 13.9. The molecule has 1 aromatic heterocycles. The highest BCUT2D eigenvalue weighted by Gasteiger charge is 2.14. The van der Waals surface area contributed by atoms with Crippen LogP contribution in [0, 0.1) is 5.41 Å². The van der Waals surface area contributed by atoms with E-state index in [0.717, 1.165) is 66.8 Å². The molecule has 0 bridgehead atoms. The molecule has 4 nitrogen and oxygen atoms in total. The van der Waals surface area contributed by atoms with Gasteiger partial charge in [0.25, 0.3) is 0 Å². The van der Waals surface area contributed by atoms with Gasteiger partial charge in [0.2, 0.25) is 0 Å². The summed E-state index contributed by atoms with van der Waals surface area (Å²) in [5.74, 6) is 0. The summed E-state index contributed by atoms with van der Waals surface area (Å²) in [5.41, 5.74) is 9.79. The van der Waals surface area contributed by atoms with E-state index in [2.05, 4.69) is 59.9 Å². The Morgan fingerprint density at radius 3 is 2.14 bits per heavy atom. The van der Waals surface area contributed by atoms with Crippen molar-refractivity contribution in [3.63, 3.8) is 0 Å². The Morgan fingerprint density at radius 2 is 1.33 bits per heavy atom. The van der Waals surface area contributed by atoms with Crippen molar-refractivity contribution in [2.45, 2.75) is 0 Å². The molecular weight excluding hydrogens is 514 g/mol. The summed E-state index contributed by atoms with van der Waals surface area (Å²) >= 11 is 0. The van der Waals surface area contributed by atoms with Crippen LogP contribution in [-0.4, -0.2) is 11.9 Å². The van der Waals surface area contributed by atoms with Gasteiger partial charge >= 0.3 is 0 Å². The molecule has 0 aliphatic rings. The fraction of sp³-hybridized carbons (Fsp3) is 0. The van der Waals surface area contributed by atoms with Gasteiger partial charge in [0.15, 0.2) is 0 Å². The van der Waals surface area contributed by atoms with Crippen LogP contribution >= 0.6 is 0 Å². The molecule has 4 heteroatoms. The van der Waals surface area contributed by atoms with E-state index in [1.807, 2.05) is 97.2 Å². The summed E-state index contributed by atoms with van der Waals surface area (Å²) < 4.78 is 6.19. The van der Waals surface area contributed by atoms with E-state index in [4.69, 9.17) is 14.8 Å². The molecule has 0 amide bonds. The Hall–Kier alpha value is -5.74. The Bertz CT molecular complexity index is 2060. The van der Waals surface area contributed by atoms with E-state index in [-0.39, 0.29) is 0 Å². The SMILES string of the molecule is N=C(c1ccccc1)c1ccccc1/N=C/c1ccc(Nc2cc3c(cc2-c2ccccc2)oc2ccccc23)cc1. The zero-order chi connectivity index (χ0) is 28.3. The quantitative estimate of drug-likeness (QED) is 0.197. The molecule has 0 aliphatic carbocycles. The van der Waals surface area contributed by atoms with Gasteiger partial charge in [-0.2, -0.15) is 0 Å². The molecule has 6 aromatic carbocycles. The molecule has 0 saturated carbocycles. The van der Waals surface area contributed by atoms with Crippen molar-refractivity contribution in [3.8, 4) is 11.1 Å². The summed E-state index contributed by atoms with van der Waals surface area (Å²) in [6, 6.07) is 48.6. The summed E-state index contributed by atoms with van der Waals surface area (Å²) in [4.78, 5) is 4.75. The van der Waals surface area contributed by atoms with Crippen molar-refractivity contribution in [3.05, 3.63) is 162 Å². The van der Waals surface area contributed by atoms with Crippen LogP contribution in [0.3, 0.4) is 0 Å². The minimum Gasteiger partial charge on any atom is -0.456 e. The predicted octanol–water partition coefficient (Wildman–Crippen LogP) is 10.2. The first-order valence-corrected chi connectivity index (χ1v) is 13.9. The third-order valence-corrected chi connectivity index (χ3v) is 7.38. The Kier molecular flexibility index (Phi) is 6.63. The van der Waals surface area contributed by atoms with Gasteiger partial charge in [-0.05, 0) is 47.5 Å². The Labute approximate surface area is 244 Å². The molecule has 7 rings (SSSR count). The zero-order valence-electron chi connectivity index (χ0n) is 22.8. The molecule has 0 radical (unpaired) electrons. The lowest BCUT2D eigenvalue weighted by Gasteiger charge is -2.13. The van der Waals surface area contributed by atoms with E-state index < -0.39 is 0 Å². The van der Waals surface area contributed by atoms with Gasteiger partial charge in [-0.15, -0.1) is 0 Å². The number of furan rings is 1. The molecule has 0 fully saturated rings. The van der Waals surface area contributed by atoms with Crippen LogP contribution in [0.15, 0.2) is 155 Å². The second-order valence-electron chi connectivity index (χ2n) is 10.1. The third-order valence-electron chi connectivity index (χ3n) is 7.38. The fourth-order valence-electron chi connectivity index (χ4n) is 5.24. The Morgan fingerprint density at radius 1 is 0.643 bits per heavy atom. The molecule has 200 valence electrons. The van der Waals surface area contributed by atoms with Gasteiger partial charge in [0.1, 0.15) is 11.2 Å². The van der Waals surface area contributed by atoms with Crippen LogP contribution < -0.4 is 5.32 Å². The molecule has 2 N–H and O–H groups in total. The minimum absolute atomic E-state index is 0.458. The lowest BCUT2D eigenvalue weighted by molar-refractivity contribution is 0.669. The summed E-state index contributed by atoms with van der Waals surface area (Å²) in [7, 11) is 0. The van der Waals surface area contributed by atoms with Gasteiger partial charge < -0.3 is 9.73 Å². The molecular formula is C38H27N3O. The van der Waals surface area contributed by atoms with Gasteiger partial charge in [-0.3, -0.25) is 10.4 Å². The largest absolute Gasteiger partial charge is 0.456 e. The van der Waals surface area contributed by atoms with Crippen LogP contribution in [0.2, 0.25) is 0 Å². The first kappa shape index (κ1) is 25.2. The van der Waals surface area contributed by atoms with Crippen LogP contribution in [0.4, 0.5) is 17.1 Å². The van der Waals surface area contributed by atoms with Crippen LogP contribution in [0.5, 0.6) is 0 Å². The van der Waals surface area contributed by atoms with Crippen molar-refractivity contribution in [1.82, 2.24) is 0 Å². The highest BCUT2D eigenvalue weighted by Crippen LogP contribution is 2.38. The van der Waals surface area contributed by atoms with Crippen molar-refractivity contribution in [2.75, 3.05) is 5.32 Å². The monoisotopic (exact) mass is 541 g/mol. The Balaban J connectivity index is 1.18. The highest BCUT2D eigenvalue weighted by atomic mass is 16.3. The molecule has 0 atom stereocenters. The molecule has 0 saturated heterocycles. The average Bonchev–Trinajstić information content (AvgIpc) is 3.42. The second kappa shape index (κ2) is 11.0. The standard InChI is InChI=1S/C38H27N3O/c39-38(28-13-5-2-6-14-28)31-16-7-9-17-34(31)40-25-26-19-21-29(22-20-26)41-35-23-33-30-15-8-10-18-36(30)42-37(33)24-32(35)27-11-3-1-4-12-27/h1-25,39,41H/b39-38?,40-25+. The summed E-state index contributed by atoms with van der Waals surface area (Å²) in [6.45, 7) is 0. The molecule has 0 aliphatic heterocycles. The third kappa shape index (κ3) is 4.98. The van der Waals surface area contributed by atoms with Crippen molar-refractivity contribution in [2.24, 2.45) is 4.99 Å². The molecule has 42 heavy (non-hydrogen) atoms. The lowest BCUT2D eigenvalue weighted by atomic mass is 10.0. The topological polar surface area (TPSA) is 61.4 Å². The van der Waals surface area contributed by atoms with Gasteiger partial charge in [0, 0.05) is 45.1 Å². The maximum atomic E-state index is 8.71. The smallest absolute Gasteiger partial charge is 0.136 e. The van der Waals surface area contributed by atoms with Gasteiger partial charge in [0.05, 0.1) is 11.4 Å². The van der Waals surface area contributed by atoms with Gasteiger partial charge in [-0.1, -0.05) is 109 Å². The normalized spacial score (nSPS) is 11.3.